The van der Waals surface area contributed by atoms with Crippen LogP contribution in [0.5, 0.6) is 11.5 Å². The predicted octanol–water partition coefficient (Wildman–Crippen LogP) is 5.98. The smallest absolute Gasteiger partial charge is 0.416 e. The average molecular weight is 670 g/mol. The number of imide groups is 1. The Bertz CT molecular complexity index is 1890. The van der Waals surface area contributed by atoms with Crippen LogP contribution in [0.3, 0.4) is 0 Å². The van der Waals surface area contributed by atoms with Crippen molar-refractivity contribution in [2.75, 3.05) is 23.4 Å². The molecule has 4 aromatic rings. The third-order valence-corrected chi connectivity index (χ3v) is 9.98. The number of aromatic amines is 1. The zero-order valence-electron chi connectivity index (χ0n) is 24.3. The summed E-state index contributed by atoms with van der Waals surface area (Å²) >= 11 is 2.15. The summed E-state index contributed by atoms with van der Waals surface area (Å²) in [5.74, 6) is -2.48. The van der Waals surface area contributed by atoms with Crippen LogP contribution in [0.1, 0.15) is 34.4 Å². The van der Waals surface area contributed by atoms with Crippen molar-refractivity contribution in [2.24, 2.45) is 5.92 Å². The molecule has 238 valence electrons. The molecule has 0 bridgehead atoms. The third kappa shape index (κ3) is 6.01. The number of rotatable bonds is 8. The minimum atomic E-state index is -4.56. The van der Waals surface area contributed by atoms with Crippen LogP contribution in [-0.4, -0.2) is 41.2 Å². The second kappa shape index (κ2) is 12.3. The molecule has 1 aromatic heterocycles. The van der Waals surface area contributed by atoms with Crippen molar-refractivity contribution in [3.63, 3.8) is 0 Å². The zero-order chi connectivity index (χ0) is 32.7. The van der Waals surface area contributed by atoms with Gasteiger partial charge >= 0.3 is 11.0 Å². The number of anilines is 2. The van der Waals surface area contributed by atoms with Gasteiger partial charge in [-0.2, -0.15) is 13.2 Å². The van der Waals surface area contributed by atoms with Gasteiger partial charge in [0.15, 0.2) is 18.1 Å². The van der Waals surface area contributed by atoms with Gasteiger partial charge in [0, 0.05) is 16.5 Å². The van der Waals surface area contributed by atoms with E-state index in [1.165, 1.54) is 28.8 Å². The van der Waals surface area contributed by atoms with Crippen molar-refractivity contribution in [1.29, 1.82) is 0 Å². The van der Waals surface area contributed by atoms with Crippen molar-refractivity contribution in [2.45, 2.75) is 36.2 Å². The molecule has 14 heteroatoms. The molecule has 2 aliphatic heterocycles. The van der Waals surface area contributed by atoms with Crippen LogP contribution < -0.4 is 24.6 Å². The number of H-pyrrole nitrogens is 1. The molecule has 0 spiro atoms. The lowest BCUT2D eigenvalue weighted by Crippen LogP contribution is -2.32. The number of carbonyl (C=O) groups excluding carboxylic acids is 3. The Morgan fingerprint density at radius 2 is 1.74 bits per heavy atom. The number of thiazole rings is 1. The van der Waals surface area contributed by atoms with E-state index in [1.54, 1.807) is 37.3 Å². The SMILES string of the molecule is CCOc1cc([C@H]2c3sc(=O)[nH]c3SC3C(=O)N(c4ccc(C)cc4)C(=O)C32)ccc1OCC(=O)Nc1cccc(C(F)(F)F)c1. The minimum absolute atomic E-state index is 0.0368. The fraction of sp³-hybridized carbons (Fsp3) is 0.250. The standard InChI is InChI=1S/C32H26F3N3O6S2/c1-3-43-22-13-17(9-12-21(22)44-15-23(39)36-19-6-4-5-18(14-19)32(33,34)35)24-25-27(45-28-26(24)46-31(42)37-28)30(41)38(29(25)40)20-10-7-16(2)8-11-20/h4-14,24-25,27H,3,15H2,1-2H3,(H,36,39)(H,37,42)/t24-,25?,27?/m1/s1. The number of aromatic nitrogens is 1. The van der Waals surface area contributed by atoms with Gasteiger partial charge in [-0.3, -0.25) is 19.2 Å². The molecule has 1 fully saturated rings. The van der Waals surface area contributed by atoms with E-state index in [0.717, 1.165) is 29.0 Å². The van der Waals surface area contributed by atoms with Crippen LogP contribution in [-0.2, 0) is 20.6 Å². The topological polar surface area (TPSA) is 118 Å². The predicted molar refractivity (Wildman–Crippen MR) is 167 cm³/mol. The summed E-state index contributed by atoms with van der Waals surface area (Å²) in [6, 6.07) is 16.2. The second-order valence-corrected chi connectivity index (χ2v) is 12.8. The number of alkyl halides is 3. The van der Waals surface area contributed by atoms with Gasteiger partial charge in [0.2, 0.25) is 11.8 Å². The fourth-order valence-corrected chi connectivity index (χ4v) is 8.06. The quantitative estimate of drug-likeness (QED) is 0.222. The number of halogens is 3. The minimum Gasteiger partial charge on any atom is -0.490 e. The first-order valence-corrected chi connectivity index (χ1v) is 15.8. The number of nitrogens with one attached hydrogen (secondary N) is 2. The van der Waals surface area contributed by atoms with Crippen molar-refractivity contribution < 1.29 is 37.0 Å². The Morgan fingerprint density at radius 3 is 2.46 bits per heavy atom. The summed E-state index contributed by atoms with van der Waals surface area (Å²) in [4.78, 5) is 56.9. The van der Waals surface area contributed by atoms with Crippen LogP contribution in [0.15, 0.2) is 76.6 Å². The number of hydrogen-bond acceptors (Lipinski definition) is 8. The summed E-state index contributed by atoms with van der Waals surface area (Å²) in [7, 11) is 0. The van der Waals surface area contributed by atoms with E-state index >= 15 is 0 Å². The molecule has 2 N–H and O–H groups in total. The molecule has 6 rings (SSSR count). The number of hydrogen-bond donors (Lipinski definition) is 2. The van der Waals surface area contributed by atoms with Crippen LogP contribution in [0, 0.1) is 12.8 Å². The van der Waals surface area contributed by atoms with E-state index in [2.05, 4.69) is 10.3 Å². The molecule has 0 radical (unpaired) electrons. The van der Waals surface area contributed by atoms with E-state index in [9.17, 15) is 32.3 Å². The van der Waals surface area contributed by atoms with Crippen LogP contribution in [0.2, 0.25) is 0 Å². The van der Waals surface area contributed by atoms with E-state index in [1.807, 2.05) is 19.1 Å². The number of amides is 3. The summed E-state index contributed by atoms with van der Waals surface area (Å²) in [6.07, 6.45) is -4.56. The highest BCUT2D eigenvalue weighted by Gasteiger charge is 2.56. The second-order valence-electron chi connectivity index (χ2n) is 10.7. The Morgan fingerprint density at radius 1 is 0.978 bits per heavy atom. The molecule has 3 heterocycles. The molecular formula is C32H26F3N3O6S2. The van der Waals surface area contributed by atoms with E-state index < -0.39 is 41.3 Å². The number of ether oxygens (including phenoxy) is 2. The lowest BCUT2D eigenvalue weighted by atomic mass is 9.83. The number of fused-ring (bicyclic) bond motifs is 2. The van der Waals surface area contributed by atoms with Crippen LogP contribution >= 0.6 is 23.1 Å². The van der Waals surface area contributed by atoms with Gasteiger partial charge in [-0.15, -0.1) is 0 Å². The van der Waals surface area contributed by atoms with Crippen molar-refractivity contribution >= 4 is 52.2 Å². The van der Waals surface area contributed by atoms with E-state index in [0.29, 0.717) is 21.2 Å². The van der Waals surface area contributed by atoms with E-state index in [-0.39, 0.29) is 40.5 Å². The molecule has 0 aliphatic carbocycles. The Hall–Kier alpha value is -4.56. The largest absolute Gasteiger partial charge is 0.490 e. The van der Waals surface area contributed by atoms with E-state index in [4.69, 9.17) is 9.47 Å². The monoisotopic (exact) mass is 669 g/mol. The number of thioether (sulfide) groups is 1. The average Bonchev–Trinajstić information content (AvgIpc) is 3.50. The maximum atomic E-state index is 14.0. The summed E-state index contributed by atoms with van der Waals surface area (Å²) in [5, 5.41) is 2.14. The highest BCUT2D eigenvalue weighted by molar-refractivity contribution is 8.00. The molecular weight excluding hydrogens is 643 g/mol. The van der Waals surface area contributed by atoms with Gasteiger partial charge in [0.25, 0.3) is 5.91 Å². The van der Waals surface area contributed by atoms with Gasteiger partial charge < -0.3 is 19.8 Å². The lowest BCUT2D eigenvalue weighted by molar-refractivity contribution is -0.137. The van der Waals surface area contributed by atoms with Gasteiger partial charge in [-0.05, 0) is 61.9 Å². The highest BCUT2D eigenvalue weighted by Crippen LogP contribution is 2.53. The normalized spacial score (nSPS) is 19.1. The number of nitrogens with zero attached hydrogens (tertiary/aromatic N) is 1. The number of benzene rings is 3. The van der Waals surface area contributed by atoms with Crippen LogP contribution in [0.4, 0.5) is 24.5 Å². The molecule has 2 aliphatic rings. The van der Waals surface area contributed by atoms with Gasteiger partial charge in [0.05, 0.1) is 28.8 Å². The maximum absolute atomic E-state index is 14.0. The highest BCUT2D eigenvalue weighted by atomic mass is 32.2. The Balaban J connectivity index is 1.28. The summed E-state index contributed by atoms with van der Waals surface area (Å²) < 4.78 is 50.7. The van der Waals surface area contributed by atoms with Gasteiger partial charge in [0.1, 0.15) is 5.25 Å². The Labute approximate surface area is 268 Å². The molecule has 1 saturated heterocycles. The first kappa shape index (κ1) is 31.4. The first-order valence-electron chi connectivity index (χ1n) is 14.2. The van der Waals surface area contributed by atoms with Crippen molar-refractivity contribution in [3.05, 3.63) is 98.0 Å². The molecule has 3 amide bonds. The number of carbonyl (C=O) groups is 3. The molecule has 46 heavy (non-hydrogen) atoms. The van der Waals surface area contributed by atoms with Gasteiger partial charge in [-0.1, -0.05) is 52.9 Å². The number of aryl methyl sites for hydroxylation is 1. The van der Waals surface area contributed by atoms with Crippen LogP contribution in [0.25, 0.3) is 0 Å². The molecule has 9 nitrogen and oxygen atoms in total. The van der Waals surface area contributed by atoms with Gasteiger partial charge in [-0.25, -0.2) is 4.90 Å². The molecule has 0 saturated carbocycles. The first-order chi connectivity index (χ1) is 21.9. The Kier molecular flexibility index (Phi) is 8.42. The fourth-order valence-electron chi connectivity index (χ4n) is 5.54. The molecule has 3 aromatic carbocycles. The maximum Gasteiger partial charge on any atom is 0.416 e. The lowest BCUT2D eigenvalue weighted by Gasteiger charge is -2.30. The van der Waals surface area contributed by atoms with Crippen molar-refractivity contribution in [3.8, 4) is 11.5 Å². The summed E-state index contributed by atoms with van der Waals surface area (Å²) in [6.45, 7) is 3.36. The molecule has 3 atom stereocenters. The molecule has 2 unspecified atom stereocenters. The van der Waals surface area contributed by atoms with Crippen molar-refractivity contribution in [1.82, 2.24) is 4.98 Å². The summed E-state index contributed by atoms with van der Waals surface area (Å²) in [5.41, 5.74) is 1.11. The third-order valence-electron chi connectivity index (χ3n) is 7.58. The zero-order valence-corrected chi connectivity index (χ0v) is 26.0.